The van der Waals surface area contributed by atoms with Gasteiger partial charge in [-0.25, -0.2) is 19.3 Å². The van der Waals surface area contributed by atoms with Crippen molar-refractivity contribution in [3.63, 3.8) is 0 Å². The Bertz CT molecular complexity index is 798. The average molecular weight is 283 g/mol. The standard InChI is InChI=1S/C15H14FN5/c16-11-2-1-3-12-15(11)20-14(19-12)8-21-5-4-10-6-17-9-18-13(10)7-21/h1-3,6,9H,4-5,7-8H2,(H,19,20). The zero-order chi connectivity index (χ0) is 14.2. The van der Waals surface area contributed by atoms with E-state index in [0.29, 0.717) is 12.1 Å². The van der Waals surface area contributed by atoms with Crippen LogP contribution in [-0.2, 0) is 19.5 Å². The summed E-state index contributed by atoms with van der Waals surface area (Å²) in [5.41, 5.74) is 3.43. The van der Waals surface area contributed by atoms with E-state index in [1.54, 1.807) is 12.4 Å². The Morgan fingerprint density at radius 2 is 2.29 bits per heavy atom. The van der Waals surface area contributed by atoms with Crippen LogP contribution >= 0.6 is 0 Å². The fraction of sp³-hybridized carbons (Fsp3) is 0.267. The van der Waals surface area contributed by atoms with Crippen LogP contribution in [-0.4, -0.2) is 31.4 Å². The Morgan fingerprint density at radius 3 is 3.19 bits per heavy atom. The molecule has 4 rings (SSSR count). The second-order valence-electron chi connectivity index (χ2n) is 5.27. The van der Waals surface area contributed by atoms with E-state index in [-0.39, 0.29) is 5.82 Å². The summed E-state index contributed by atoms with van der Waals surface area (Å²) < 4.78 is 13.7. The molecule has 1 N–H and O–H groups in total. The van der Waals surface area contributed by atoms with Gasteiger partial charge >= 0.3 is 0 Å². The number of halogens is 1. The van der Waals surface area contributed by atoms with Crippen LogP contribution in [0.25, 0.3) is 11.0 Å². The lowest BCUT2D eigenvalue weighted by Crippen LogP contribution is -2.31. The Labute approximate surface area is 120 Å². The molecule has 21 heavy (non-hydrogen) atoms. The van der Waals surface area contributed by atoms with Crippen molar-refractivity contribution in [3.8, 4) is 0 Å². The topological polar surface area (TPSA) is 57.7 Å². The summed E-state index contributed by atoms with van der Waals surface area (Å²) in [4.78, 5) is 18.2. The highest BCUT2D eigenvalue weighted by atomic mass is 19.1. The first-order chi connectivity index (χ1) is 10.3. The molecule has 106 valence electrons. The number of imidazole rings is 1. The number of nitrogens with zero attached hydrogens (tertiary/aromatic N) is 4. The number of fused-ring (bicyclic) bond motifs is 2. The molecule has 0 unspecified atom stereocenters. The van der Waals surface area contributed by atoms with E-state index < -0.39 is 0 Å². The summed E-state index contributed by atoms with van der Waals surface area (Å²) in [5, 5.41) is 0. The van der Waals surface area contributed by atoms with Gasteiger partial charge in [-0.3, -0.25) is 4.90 Å². The van der Waals surface area contributed by atoms with Gasteiger partial charge < -0.3 is 4.98 Å². The molecule has 0 fully saturated rings. The molecule has 0 saturated heterocycles. The third-order valence-electron chi connectivity index (χ3n) is 3.84. The lowest BCUT2D eigenvalue weighted by molar-refractivity contribution is 0.236. The molecule has 0 aliphatic carbocycles. The van der Waals surface area contributed by atoms with E-state index >= 15 is 0 Å². The van der Waals surface area contributed by atoms with Gasteiger partial charge in [-0.05, 0) is 24.1 Å². The van der Waals surface area contributed by atoms with Crippen molar-refractivity contribution in [1.29, 1.82) is 0 Å². The molecule has 3 aromatic rings. The van der Waals surface area contributed by atoms with Gasteiger partial charge in [0.2, 0.25) is 0 Å². The molecule has 1 aliphatic rings. The van der Waals surface area contributed by atoms with Gasteiger partial charge in [-0.15, -0.1) is 0 Å². The van der Waals surface area contributed by atoms with Crippen molar-refractivity contribution >= 4 is 11.0 Å². The number of hydrogen-bond acceptors (Lipinski definition) is 4. The second kappa shape index (κ2) is 4.89. The van der Waals surface area contributed by atoms with Crippen LogP contribution in [0.2, 0.25) is 0 Å². The molecule has 2 aromatic heterocycles. The maximum Gasteiger partial charge on any atom is 0.151 e. The number of nitrogens with one attached hydrogen (secondary N) is 1. The highest BCUT2D eigenvalue weighted by Gasteiger charge is 2.18. The number of hydrogen-bond donors (Lipinski definition) is 1. The van der Waals surface area contributed by atoms with Gasteiger partial charge in [-0.2, -0.15) is 0 Å². The lowest BCUT2D eigenvalue weighted by Gasteiger charge is -2.26. The Morgan fingerprint density at radius 1 is 1.33 bits per heavy atom. The molecule has 0 radical (unpaired) electrons. The molecule has 0 bridgehead atoms. The van der Waals surface area contributed by atoms with Crippen LogP contribution in [0.4, 0.5) is 4.39 Å². The van der Waals surface area contributed by atoms with Crippen LogP contribution in [0.15, 0.2) is 30.7 Å². The average Bonchev–Trinajstić information content (AvgIpc) is 2.91. The largest absolute Gasteiger partial charge is 0.341 e. The summed E-state index contributed by atoms with van der Waals surface area (Å²) in [5.74, 6) is 0.499. The number of benzene rings is 1. The molecule has 3 heterocycles. The molecule has 1 aromatic carbocycles. The lowest BCUT2D eigenvalue weighted by atomic mass is 10.1. The first-order valence-electron chi connectivity index (χ1n) is 6.93. The Kier molecular flexibility index (Phi) is 2.89. The van der Waals surface area contributed by atoms with Gasteiger partial charge in [-0.1, -0.05) is 6.07 Å². The zero-order valence-corrected chi connectivity index (χ0v) is 11.4. The van der Waals surface area contributed by atoms with Crippen LogP contribution < -0.4 is 0 Å². The highest BCUT2D eigenvalue weighted by molar-refractivity contribution is 5.75. The van der Waals surface area contributed by atoms with Crippen molar-refractivity contribution in [3.05, 3.63) is 53.6 Å². The highest BCUT2D eigenvalue weighted by Crippen LogP contribution is 2.19. The molecule has 0 amide bonds. The number of aromatic amines is 1. The molecular weight excluding hydrogens is 269 g/mol. The summed E-state index contributed by atoms with van der Waals surface area (Å²) in [6, 6.07) is 4.96. The zero-order valence-electron chi connectivity index (χ0n) is 11.4. The van der Waals surface area contributed by atoms with E-state index in [1.807, 2.05) is 12.3 Å². The molecule has 5 nitrogen and oxygen atoms in total. The van der Waals surface area contributed by atoms with E-state index in [0.717, 1.165) is 36.5 Å². The SMILES string of the molecule is Fc1cccc2[nH]c(CN3CCc4cncnc4C3)nc12. The molecule has 6 heteroatoms. The fourth-order valence-electron chi connectivity index (χ4n) is 2.77. The molecule has 0 atom stereocenters. The number of para-hydroxylation sites is 1. The van der Waals surface area contributed by atoms with Crippen LogP contribution in [0, 0.1) is 5.82 Å². The first-order valence-corrected chi connectivity index (χ1v) is 6.93. The Hall–Kier alpha value is -2.34. The molecule has 1 aliphatic heterocycles. The smallest absolute Gasteiger partial charge is 0.151 e. The van der Waals surface area contributed by atoms with E-state index in [9.17, 15) is 4.39 Å². The summed E-state index contributed by atoms with van der Waals surface area (Å²) in [6.07, 6.45) is 4.40. The minimum atomic E-state index is -0.285. The van der Waals surface area contributed by atoms with Gasteiger partial charge in [0.05, 0.1) is 17.8 Å². The minimum absolute atomic E-state index is 0.285. The van der Waals surface area contributed by atoms with Crippen molar-refractivity contribution < 1.29 is 4.39 Å². The summed E-state index contributed by atoms with van der Waals surface area (Å²) in [7, 11) is 0. The third kappa shape index (κ3) is 2.27. The molecular formula is C15H14FN5. The number of rotatable bonds is 2. The van der Waals surface area contributed by atoms with Gasteiger partial charge in [0.25, 0.3) is 0 Å². The van der Waals surface area contributed by atoms with Gasteiger partial charge in [0.1, 0.15) is 17.7 Å². The van der Waals surface area contributed by atoms with E-state index in [1.165, 1.54) is 11.6 Å². The second-order valence-corrected chi connectivity index (χ2v) is 5.27. The quantitative estimate of drug-likeness (QED) is 0.782. The normalized spacial score (nSPS) is 15.3. The molecule has 0 saturated carbocycles. The van der Waals surface area contributed by atoms with Crippen molar-refractivity contribution in [2.45, 2.75) is 19.5 Å². The Balaban J connectivity index is 1.57. The molecule has 0 spiro atoms. The predicted octanol–water partition coefficient (Wildman–Crippen LogP) is 2.05. The minimum Gasteiger partial charge on any atom is -0.341 e. The van der Waals surface area contributed by atoms with Gasteiger partial charge in [0.15, 0.2) is 5.82 Å². The van der Waals surface area contributed by atoms with E-state index in [2.05, 4.69) is 24.8 Å². The fourth-order valence-corrected chi connectivity index (χ4v) is 2.77. The van der Waals surface area contributed by atoms with Crippen LogP contribution in [0.5, 0.6) is 0 Å². The monoisotopic (exact) mass is 283 g/mol. The maximum absolute atomic E-state index is 13.7. The number of H-pyrrole nitrogens is 1. The predicted molar refractivity (Wildman–Crippen MR) is 75.9 cm³/mol. The summed E-state index contributed by atoms with van der Waals surface area (Å²) >= 11 is 0. The number of aromatic nitrogens is 4. The van der Waals surface area contributed by atoms with Crippen molar-refractivity contribution in [2.75, 3.05) is 6.54 Å². The summed E-state index contributed by atoms with van der Waals surface area (Å²) in [6.45, 7) is 2.37. The maximum atomic E-state index is 13.7. The van der Waals surface area contributed by atoms with E-state index in [4.69, 9.17) is 0 Å². The van der Waals surface area contributed by atoms with Gasteiger partial charge in [0, 0.05) is 19.3 Å². The first kappa shape index (κ1) is 12.4. The third-order valence-corrected chi connectivity index (χ3v) is 3.84. The van der Waals surface area contributed by atoms with Crippen molar-refractivity contribution in [2.24, 2.45) is 0 Å². The van der Waals surface area contributed by atoms with Crippen LogP contribution in [0.1, 0.15) is 17.1 Å². The van der Waals surface area contributed by atoms with Crippen molar-refractivity contribution in [1.82, 2.24) is 24.8 Å². The van der Waals surface area contributed by atoms with Crippen LogP contribution in [0.3, 0.4) is 0 Å².